The Kier molecular flexibility index (Phi) is 5.88. The van der Waals surface area contributed by atoms with Crippen LogP contribution >= 0.6 is 11.3 Å². The predicted octanol–water partition coefficient (Wildman–Crippen LogP) is 2.22. The van der Waals surface area contributed by atoms with Gasteiger partial charge in [0.25, 0.3) is 0 Å². The Bertz CT molecular complexity index is 1060. The number of nitrogens with zero attached hydrogens (tertiary/aromatic N) is 5. The quantitative estimate of drug-likeness (QED) is 0.624. The van der Waals surface area contributed by atoms with Gasteiger partial charge in [-0.15, -0.1) is 5.06 Å². The van der Waals surface area contributed by atoms with E-state index in [4.69, 9.17) is 9.57 Å². The Morgan fingerprint density at radius 2 is 2.10 bits per heavy atom. The Labute approximate surface area is 174 Å². The summed E-state index contributed by atoms with van der Waals surface area (Å²) in [7, 11) is 1.48. The number of nitrogens with one attached hydrogen (secondary N) is 1. The zero-order valence-electron chi connectivity index (χ0n) is 16.0. The van der Waals surface area contributed by atoms with Crippen molar-refractivity contribution in [2.45, 2.75) is 6.54 Å². The van der Waals surface area contributed by atoms with E-state index in [1.165, 1.54) is 30.8 Å². The molecule has 3 heterocycles. The van der Waals surface area contributed by atoms with Gasteiger partial charge in [-0.2, -0.15) is 4.98 Å². The van der Waals surface area contributed by atoms with E-state index in [1.54, 1.807) is 17.2 Å². The number of methoxy groups -OCH3 is 1. The lowest BCUT2D eigenvalue weighted by Gasteiger charge is -2.33. The number of piperazine rings is 1. The number of benzene rings is 1. The molecule has 10 nitrogen and oxygen atoms in total. The molecular weight excluding hydrogens is 415 g/mol. The average molecular weight is 434 g/mol. The van der Waals surface area contributed by atoms with Gasteiger partial charge in [0.15, 0.2) is 27.0 Å². The number of fused-ring (bicyclic) bond motifs is 1. The van der Waals surface area contributed by atoms with Gasteiger partial charge in [0.1, 0.15) is 6.33 Å². The molecule has 4 rings (SSSR count). The van der Waals surface area contributed by atoms with Crippen LogP contribution in [0, 0.1) is 5.82 Å². The molecule has 3 aromatic rings. The zero-order valence-corrected chi connectivity index (χ0v) is 16.9. The predicted molar refractivity (Wildman–Crippen MR) is 107 cm³/mol. The van der Waals surface area contributed by atoms with Gasteiger partial charge >= 0.3 is 6.09 Å². The van der Waals surface area contributed by atoms with Crippen molar-refractivity contribution in [3.05, 3.63) is 35.9 Å². The average Bonchev–Trinajstić information content (AvgIpc) is 3.15. The van der Waals surface area contributed by atoms with Gasteiger partial charge in [0.2, 0.25) is 5.88 Å². The van der Waals surface area contributed by atoms with Gasteiger partial charge in [-0.1, -0.05) is 23.5 Å². The van der Waals surface area contributed by atoms with Gasteiger partial charge in [-0.3, -0.25) is 10.2 Å². The molecule has 0 aliphatic carbocycles. The number of aromatic nitrogens is 3. The van der Waals surface area contributed by atoms with E-state index in [9.17, 15) is 14.3 Å². The lowest BCUT2D eigenvalue weighted by Crippen LogP contribution is -2.46. The smallest absolute Gasteiger partial charge is 0.432 e. The van der Waals surface area contributed by atoms with Gasteiger partial charge in [-0.25, -0.2) is 19.2 Å². The standard InChI is InChI=1S/C18H19FN6O4S/c1-28-15-13-16(21-10-20-15)30-17(22-13)23-18(27)29-25-7-5-24(6-8-25)9-11-3-2-4-12(19)14(11)26/h2-4,10,26H,5-9H2,1H3,(H,22,23,27). The fourth-order valence-electron chi connectivity index (χ4n) is 3.07. The van der Waals surface area contributed by atoms with Crippen molar-refractivity contribution in [1.82, 2.24) is 24.9 Å². The minimum absolute atomic E-state index is 0.326. The van der Waals surface area contributed by atoms with Crippen molar-refractivity contribution in [1.29, 1.82) is 0 Å². The van der Waals surface area contributed by atoms with Crippen molar-refractivity contribution in [2.75, 3.05) is 38.6 Å². The highest BCUT2D eigenvalue weighted by Crippen LogP contribution is 2.29. The first kappa shape index (κ1) is 20.2. The summed E-state index contributed by atoms with van der Waals surface area (Å²) in [6, 6.07) is 4.47. The second-order valence-corrected chi connectivity index (χ2v) is 7.49. The number of rotatable bonds is 5. The molecule has 0 unspecified atom stereocenters. The third-order valence-electron chi connectivity index (χ3n) is 4.57. The molecule has 1 saturated heterocycles. The number of halogens is 1. The summed E-state index contributed by atoms with van der Waals surface area (Å²) >= 11 is 1.19. The van der Waals surface area contributed by atoms with Crippen LogP contribution in [-0.4, -0.2) is 69.4 Å². The monoisotopic (exact) mass is 434 g/mol. The molecule has 1 amide bonds. The highest BCUT2D eigenvalue weighted by Gasteiger charge is 2.22. The molecular formula is C18H19FN6O4S. The minimum Gasteiger partial charge on any atom is -0.505 e. The van der Waals surface area contributed by atoms with Crippen LogP contribution in [0.15, 0.2) is 24.5 Å². The summed E-state index contributed by atoms with van der Waals surface area (Å²) in [5.74, 6) is -0.629. The van der Waals surface area contributed by atoms with E-state index in [0.717, 1.165) is 0 Å². The molecule has 2 N–H and O–H groups in total. The molecule has 0 atom stereocenters. The summed E-state index contributed by atoms with van der Waals surface area (Å²) in [6.45, 7) is 2.55. The van der Waals surface area contributed by atoms with Crippen LogP contribution < -0.4 is 10.1 Å². The Morgan fingerprint density at radius 1 is 1.30 bits per heavy atom. The zero-order chi connectivity index (χ0) is 21.1. The van der Waals surface area contributed by atoms with Crippen molar-refractivity contribution in [3.8, 4) is 11.6 Å². The molecule has 1 aliphatic heterocycles. The number of anilines is 1. The third kappa shape index (κ3) is 4.40. The lowest BCUT2D eigenvalue weighted by atomic mass is 10.1. The molecule has 1 fully saturated rings. The summed E-state index contributed by atoms with van der Waals surface area (Å²) in [5.41, 5.74) is 0.992. The van der Waals surface area contributed by atoms with Crippen LogP contribution in [-0.2, 0) is 11.4 Å². The number of carbonyl (C=O) groups is 1. The largest absolute Gasteiger partial charge is 0.505 e. The normalized spacial score (nSPS) is 15.3. The van der Waals surface area contributed by atoms with Gasteiger partial charge < -0.3 is 14.7 Å². The van der Waals surface area contributed by atoms with Crippen LogP contribution in [0.4, 0.5) is 14.3 Å². The molecule has 158 valence electrons. The first-order valence-electron chi connectivity index (χ1n) is 9.11. The highest BCUT2D eigenvalue weighted by atomic mass is 32.1. The maximum Gasteiger partial charge on any atom is 0.432 e. The van der Waals surface area contributed by atoms with Crippen molar-refractivity contribution in [2.24, 2.45) is 0 Å². The van der Waals surface area contributed by atoms with Crippen LogP contribution in [0.3, 0.4) is 0 Å². The van der Waals surface area contributed by atoms with Crippen molar-refractivity contribution >= 4 is 32.9 Å². The Hall–Kier alpha value is -3.09. The first-order valence-corrected chi connectivity index (χ1v) is 9.93. The Morgan fingerprint density at radius 3 is 2.87 bits per heavy atom. The molecule has 12 heteroatoms. The maximum absolute atomic E-state index is 13.5. The van der Waals surface area contributed by atoms with Gasteiger partial charge in [-0.05, 0) is 6.07 Å². The number of amides is 1. The number of phenolic OH excluding ortho intramolecular Hbond substituents is 1. The fraction of sp³-hybridized carbons (Fsp3) is 0.333. The van der Waals surface area contributed by atoms with E-state index in [1.807, 2.05) is 4.90 Å². The maximum atomic E-state index is 13.5. The van der Waals surface area contributed by atoms with Crippen LogP contribution in [0.5, 0.6) is 11.6 Å². The lowest BCUT2D eigenvalue weighted by molar-refractivity contribution is -0.119. The number of ether oxygens (including phenoxy) is 1. The Balaban J connectivity index is 1.29. The number of carbonyl (C=O) groups excluding carboxylic acids is 1. The summed E-state index contributed by atoms with van der Waals surface area (Å²) in [5, 5.41) is 14.3. The molecule has 1 aromatic carbocycles. The number of hydrogen-bond acceptors (Lipinski definition) is 10. The topological polar surface area (TPSA) is 113 Å². The third-order valence-corrected chi connectivity index (χ3v) is 5.45. The summed E-state index contributed by atoms with van der Waals surface area (Å²) < 4.78 is 18.6. The van der Waals surface area contributed by atoms with Crippen LogP contribution in [0.2, 0.25) is 0 Å². The number of aromatic hydroxyl groups is 1. The van der Waals surface area contributed by atoms with E-state index < -0.39 is 11.9 Å². The molecule has 0 radical (unpaired) electrons. The fourth-order valence-corrected chi connectivity index (χ4v) is 3.86. The van der Waals surface area contributed by atoms with E-state index >= 15 is 0 Å². The summed E-state index contributed by atoms with van der Waals surface area (Å²) in [6.07, 6.45) is 0.710. The second kappa shape index (κ2) is 8.73. The highest BCUT2D eigenvalue weighted by molar-refractivity contribution is 7.22. The van der Waals surface area contributed by atoms with Crippen LogP contribution in [0.1, 0.15) is 5.56 Å². The molecule has 1 aliphatic rings. The molecule has 0 saturated carbocycles. The summed E-state index contributed by atoms with van der Waals surface area (Å²) in [4.78, 5) is 32.5. The van der Waals surface area contributed by atoms with Crippen molar-refractivity contribution in [3.63, 3.8) is 0 Å². The first-order chi connectivity index (χ1) is 14.5. The van der Waals surface area contributed by atoms with Crippen LogP contribution in [0.25, 0.3) is 10.3 Å². The van der Waals surface area contributed by atoms with E-state index in [2.05, 4.69) is 20.3 Å². The number of phenols is 1. The molecule has 2 aromatic heterocycles. The van der Waals surface area contributed by atoms with Gasteiger partial charge in [0.05, 0.1) is 7.11 Å². The second-order valence-electron chi connectivity index (χ2n) is 6.51. The minimum atomic E-state index is -0.655. The number of hydroxylamine groups is 2. The van der Waals surface area contributed by atoms with Gasteiger partial charge in [0, 0.05) is 38.3 Å². The number of para-hydroxylation sites is 1. The molecule has 30 heavy (non-hydrogen) atoms. The van der Waals surface area contributed by atoms with Crippen molar-refractivity contribution < 1.29 is 23.9 Å². The molecule has 0 bridgehead atoms. The number of hydrogen-bond donors (Lipinski definition) is 2. The van der Waals surface area contributed by atoms with E-state index in [0.29, 0.717) is 59.6 Å². The molecule has 0 spiro atoms. The number of thiazole rings is 1. The van der Waals surface area contributed by atoms with E-state index in [-0.39, 0.29) is 5.75 Å². The SMILES string of the molecule is COc1ncnc2sc(NC(=O)ON3CCN(Cc4cccc(F)c4O)CC3)nc12.